The number of quaternary nitrogens is 1. The van der Waals surface area contributed by atoms with Gasteiger partial charge in [-0.3, -0.25) is 14.5 Å². The monoisotopic (exact) mass is 412 g/mol. The maximum atomic E-state index is 13.2. The van der Waals surface area contributed by atoms with Crippen molar-refractivity contribution >= 4 is 23.2 Å². The van der Waals surface area contributed by atoms with Crippen molar-refractivity contribution in [1.82, 2.24) is 0 Å². The predicted molar refractivity (Wildman–Crippen MR) is 116 cm³/mol. The number of para-hydroxylation sites is 2. The van der Waals surface area contributed by atoms with Gasteiger partial charge in [-0.1, -0.05) is 12.1 Å². The molecule has 2 amide bonds. The van der Waals surface area contributed by atoms with E-state index in [1.807, 2.05) is 69.4 Å². The van der Waals surface area contributed by atoms with Crippen LogP contribution in [0.25, 0.3) is 0 Å². The molecule has 0 aliphatic carbocycles. The molecule has 3 rings (SSSR count). The highest BCUT2D eigenvalue weighted by atomic mass is 16.5. The van der Waals surface area contributed by atoms with Gasteiger partial charge in [-0.05, 0) is 58.0 Å². The number of anilines is 2. The third-order valence-electron chi connectivity index (χ3n) is 5.10. The molecule has 0 spiro atoms. The van der Waals surface area contributed by atoms with E-state index in [9.17, 15) is 9.59 Å². The van der Waals surface area contributed by atoms with Gasteiger partial charge >= 0.3 is 0 Å². The summed E-state index contributed by atoms with van der Waals surface area (Å²) in [6.45, 7) is 8.93. The Labute approximate surface area is 177 Å². The summed E-state index contributed by atoms with van der Waals surface area (Å²) >= 11 is 0. The molecule has 30 heavy (non-hydrogen) atoms. The van der Waals surface area contributed by atoms with Crippen LogP contribution >= 0.6 is 0 Å². The smallest absolute Gasteiger partial charge is 0.285 e. The van der Waals surface area contributed by atoms with E-state index in [2.05, 4.69) is 5.32 Å². The average Bonchev–Trinajstić information content (AvgIpc) is 2.74. The van der Waals surface area contributed by atoms with Crippen LogP contribution in [-0.4, -0.2) is 37.6 Å². The number of nitrogens with zero attached hydrogens (tertiary/aromatic N) is 1. The molecule has 0 fully saturated rings. The van der Waals surface area contributed by atoms with Gasteiger partial charge in [0, 0.05) is 5.56 Å². The van der Waals surface area contributed by atoms with Crippen LogP contribution in [0.1, 0.15) is 39.3 Å². The number of rotatable bonds is 8. The third kappa shape index (κ3) is 4.74. The molecule has 0 aromatic heterocycles. The summed E-state index contributed by atoms with van der Waals surface area (Å²) in [5.41, 5.74) is 2.43. The van der Waals surface area contributed by atoms with Gasteiger partial charge in [0.15, 0.2) is 17.5 Å². The molecule has 7 heteroatoms. The normalized spacial score (nSPS) is 15.1. The molecule has 0 saturated heterocycles. The Morgan fingerprint density at radius 1 is 1.10 bits per heavy atom. The molecule has 0 saturated carbocycles. The summed E-state index contributed by atoms with van der Waals surface area (Å²) in [4.78, 5) is 26.8. The molecule has 160 valence electrons. The molecular formula is C23H30N3O4+. The van der Waals surface area contributed by atoms with Crippen LogP contribution in [0.15, 0.2) is 42.5 Å². The lowest BCUT2D eigenvalue weighted by Crippen LogP contribution is -2.92. The van der Waals surface area contributed by atoms with E-state index in [0.29, 0.717) is 24.7 Å². The van der Waals surface area contributed by atoms with Gasteiger partial charge in [0.1, 0.15) is 12.6 Å². The van der Waals surface area contributed by atoms with Crippen molar-refractivity contribution in [3.05, 3.63) is 48.0 Å². The summed E-state index contributed by atoms with van der Waals surface area (Å²) in [6.07, 6.45) is 0. The number of hydrogen-bond acceptors (Lipinski definition) is 4. The maximum Gasteiger partial charge on any atom is 0.285 e. The lowest BCUT2D eigenvalue weighted by atomic mass is 10.1. The minimum Gasteiger partial charge on any atom is -0.490 e. The fourth-order valence-corrected chi connectivity index (χ4v) is 3.65. The van der Waals surface area contributed by atoms with Crippen LogP contribution in [0.3, 0.4) is 0 Å². The first-order chi connectivity index (χ1) is 14.4. The average molecular weight is 413 g/mol. The Hall–Kier alpha value is -3.06. The summed E-state index contributed by atoms with van der Waals surface area (Å²) in [5, 5.41) is 4.82. The molecule has 1 aliphatic rings. The Morgan fingerprint density at radius 3 is 2.53 bits per heavy atom. The number of carbonyl (C=O) groups is 2. The molecule has 0 unspecified atom stereocenters. The first kappa shape index (κ1) is 21.6. The van der Waals surface area contributed by atoms with Gasteiger partial charge in [-0.25, -0.2) is 0 Å². The van der Waals surface area contributed by atoms with Gasteiger partial charge in [-0.2, -0.15) is 0 Å². The van der Waals surface area contributed by atoms with E-state index in [0.717, 1.165) is 17.0 Å². The summed E-state index contributed by atoms with van der Waals surface area (Å²) < 4.78 is 11.4. The second-order valence-electron chi connectivity index (χ2n) is 7.33. The lowest BCUT2D eigenvalue weighted by molar-refractivity contribution is -0.710. The van der Waals surface area contributed by atoms with E-state index >= 15 is 0 Å². The van der Waals surface area contributed by atoms with E-state index < -0.39 is 0 Å². The SMILES string of the molecule is CCOc1ccc([C@H](C)[NH2+][C@@H](C)C(=O)N2CC(=O)Nc3ccccc32)cc1OCC. The zero-order valence-corrected chi connectivity index (χ0v) is 18.0. The number of nitrogens with one attached hydrogen (secondary N) is 1. The first-order valence-corrected chi connectivity index (χ1v) is 10.4. The molecule has 0 bridgehead atoms. The Morgan fingerprint density at radius 2 is 1.80 bits per heavy atom. The molecule has 2 aromatic rings. The van der Waals surface area contributed by atoms with Crippen molar-refractivity contribution in [2.45, 2.75) is 39.8 Å². The highest BCUT2D eigenvalue weighted by Crippen LogP contribution is 2.31. The number of ether oxygens (including phenoxy) is 2. The molecule has 7 nitrogen and oxygen atoms in total. The van der Waals surface area contributed by atoms with Crippen LogP contribution in [0.5, 0.6) is 11.5 Å². The van der Waals surface area contributed by atoms with Gasteiger partial charge in [0.2, 0.25) is 5.91 Å². The number of amides is 2. The number of hydrogen-bond donors (Lipinski definition) is 2. The summed E-state index contributed by atoms with van der Waals surface area (Å²) in [7, 11) is 0. The first-order valence-electron chi connectivity index (χ1n) is 10.4. The van der Waals surface area contributed by atoms with E-state index in [1.54, 1.807) is 11.0 Å². The quantitative estimate of drug-likeness (QED) is 0.698. The van der Waals surface area contributed by atoms with Crippen molar-refractivity contribution in [3.63, 3.8) is 0 Å². The van der Waals surface area contributed by atoms with E-state index in [-0.39, 0.29) is 30.4 Å². The van der Waals surface area contributed by atoms with Gasteiger partial charge < -0.3 is 20.1 Å². The van der Waals surface area contributed by atoms with Crippen LogP contribution in [-0.2, 0) is 9.59 Å². The fourth-order valence-electron chi connectivity index (χ4n) is 3.65. The van der Waals surface area contributed by atoms with Gasteiger partial charge in [0.05, 0.1) is 24.6 Å². The predicted octanol–water partition coefficient (Wildman–Crippen LogP) is 2.48. The molecule has 3 N–H and O–H groups in total. The lowest BCUT2D eigenvalue weighted by Gasteiger charge is -2.30. The van der Waals surface area contributed by atoms with Crippen molar-refractivity contribution in [2.24, 2.45) is 0 Å². The van der Waals surface area contributed by atoms with Crippen LogP contribution < -0.4 is 25.0 Å². The fraction of sp³-hybridized carbons (Fsp3) is 0.391. The number of nitrogens with two attached hydrogens (primary N) is 1. The molecule has 1 aliphatic heterocycles. The second-order valence-corrected chi connectivity index (χ2v) is 7.33. The van der Waals surface area contributed by atoms with Crippen molar-refractivity contribution in [1.29, 1.82) is 0 Å². The molecule has 2 aromatic carbocycles. The Bertz CT molecular complexity index is 915. The zero-order valence-electron chi connectivity index (χ0n) is 18.0. The van der Waals surface area contributed by atoms with E-state index in [4.69, 9.17) is 9.47 Å². The van der Waals surface area contributed by atoms with Gasteiger partial charge in [-0.15, -0.1) is 0 Å². The van der Waals surface area contributed by atoms with Crippen LogP contribution in [0, 0.1) is 0 Å². The summed E-state index contributed by atoms with van der Waals surface area (Å²) in [5.74, 6) is 1.14. The molecular weight excluding hydrogens is 382 g/mol. The Kier molecular flexibility index (Phi) is 6.95. The highest BCUT2D eigenvalue weighted by molar-refractivity contribution is 6.10. The second kappa shape index (κ2) is 9.63. The molecule has 2 atom stereocenters. The van der Waals surface area contributed by atoms with Crippen LogP contribution in [0.4, 0.5) is 11.4 Å². The summed E-state index contributed by atoms with van der Waals surface area (Å²) in [6, 6.07) is 12.9. The van der Waals surface area contributed by atoms with E-state index in [1.165, 1.54) is 0 Å². The molecule has 0 radical (unpaired) electrons. The number of benzene rings is 2. The van der Waals surface area contributed by atoms with Crippen molar-refractivity contribution in [3.8, 4) is 11.5 Å². The largest absolute Gasteiger partial charge is 0.490 e. The third-order valence-corrected chi connectivity index (χ3v) is 5.10. The van der Waals surface area contributed by atoms with Crippen LogP contribution in [0.2, 0.25) is 0 Å². The van der Waals surface area contributed by atoms with Gasteiger partial charge in [0.25, 0.3) is 5.91 Å². The minimum atomic E-state index is -0.360. The number of carbonyl (C=O) groups excluding carboxylic acids is 2. The van der Waals surface area contributed by atoms with Crippen molar-refractivity contribution in [2.75, 3.05) is 30.0 Å². The minimum absolute atomic E-state index is 0.0210. The maximum absolute atomic E-state index is 13.2. The standard InChI is InChI=1S/C23H29N3O4/c1-5-29-20-12-11-17(13-21(20)30-6-2)15(3)24-16(4)23(28)26-14-22(27)25-18-9-7-8-10-19(18)26/h7-13,15-16,24H,5-6,14H2,1-4H3,(H,25,27)/p+1/t15-,16-/m0/s1. The molecule has 1 heterocycles. The zero-order chi connectivity index (χ0) is 21.7. The number of fused-ring (bicyclic) bond motifs is 1. The Balaban J connectivity index is 1.74. The topological polar surface area (TPSA) is 84.5 Å². The van der Waals surface area contributed by atoms with Crippen molar-refractivity contribution < 1.29 is 24.4 Å². The highest BCUT2D eigenvalue weighted by Gasteiger charge is 2.32.